The van der Waals surface area contributed by atoms with Crippen LogP contribution >= 0.6 is 0 Å². The summed E-state index contributed by atoms with van der Waals surface area (Å²) >= 11 is 0. The molecule has 130 valence electrons. The van der Waals surface area contributed by atoms with Crippen LogP contribution in [0, 0.1) is 0 Å². The minimum Gasteiger partial charge on any atom is -0.493 e. The summed E-state index contributed by atoms with van der Waals surface area (Å²) in [6.45, 7) is 2.38. The first-order valence-electron chi connectivity index (χ1n) is 7.37. The van der Waals surface area contributed by atoms with Crippen LogP contribution in [0.5, 0.6) is 11.5 Å². The van der Waals surface area contributed by atoms with E-state index < -0.39 is 0 Å². The summed E-state index contributed by atoms with van der Waals surface area (Å²) in [5.41, 5.74) is 0.925. The predicted molar refractivity (Wildman–Crippen MR) is 87.1 cm³/mol. The molecule has 0 spiro atoms. The second-order valence-electron chi connectivity index (χ2n) is 4.82. The van der Waals surface area contributed by atoms with Gasteiger partial charge in [-0.3, -0.25) is 0 Å². The summed E-state index contributed by atoms with van der Waals surface area (Å²) < 4.78 is 20.5. The Morgan fingerprint density at radius 1 is 1.00 bits per heavy atom. The lowest BCUT2D eigenvalue weighted by Gasteiger charge is -2.22. The highest BCUT2D eigenvalue weighted by molar-refractivity contribution is 5.74. The van der Waals surface area contributed by atoms with Crippen LogP contribution in [0.25, 0.3) is 0 Å². The summed E-state index contributed by atoms with van der Waals surface area (Å²) in [6.07, 6.45) is 0. The van der Waals surface area contributed by atoms with Crippen LogP contribution in [-0.4, -0.2) is 65.7 Å². The molecule has 7 heteroatoms. The molecule has 0 radical (unpaired) electrons. The SMILES string of the molecule is COCCN(CCOC)C(=O)NCc1ccc(OC)c(OC)c1. The molecule has 0 unspecified atom stereocenters. The minimum absolute atomic E-state index is 0.158. The second kappa shape index (κ2) is 10.7. The van der Waals surface area contributed by atoms with Crippen molar-refractivity contribution in [2.45, 2.75) is 6.54 Å². The number of urea groups is 1. The molecule has 0 heterocycles. The Balaban J connectivity index is 2.61. The first kappa shape index (κ1) is 19.1. The largest absolute Gasteiger partial charge is 0.493 e. The van der Waals surface area contributed by atoms with E-state index in [-0.39, 0.29) is 6.03 Å². The van der Waals surface area contributed by atoms with E-state index >= 15 is 0 Å². The highest BCUT2D eigenvalue weighted by Gasteiger charge is 2.13. The Labute approximate surface area is 137 Å². The lowest BCUT2D eigenvalue weighted by Crippen LogP contribution is -2.43. The van der Waals surface area contributed by atoms with E-state index in [4.69, 9.17) is 18.9 Å². The monoisotopic (exact) mass is 326 g/mol. The Morgan fingerprint density at radius 2 is 1.61 bits per heavy atom. The zero-order valence-electron chi connectivity index (χ0n) is 14.3. The van der Waals surface area contributed by atoms with Gasteiger partial charge in [0.15, 0.2) is 11.5 Å². The normalized spacial score (nSPS) is 10.3. The van der Waals surface area contributed by atoms with Gasteiger partial charge in [0, 0.05) is 33.9 Å². The van der Waals surface area contributed by atoms with Gasteiger partial charge in [0.1, 0.15) is 0 Å². The molecular weight excluding hydrogens is 300 g/mol. The number of hydrogen-bond donors (Lipinski definition) is 1. The molecule has 0 fully saturated rings. The molecule has 1 rings (SSSR count). The van der Waals surface area contributed by atoms with Crippen molar-refractivity contribution in [3.63, 3.8) is 0 Å². The Bertz CT molecular complexity index is 474. The van der Waals surface area contributed by atoms with Crippen LogP contribution in [0.15, 0.2) is 18.2 Å². The summed E-state index contributed by atoms with van der Waals surface area (Å²) in [7, 11) is 6.38. The van der Waals surface area contributed by atoms with Crippen molar-refractivity contribution in [1.29, 1.82) is 0 Å². The van der Waals surface area contributed by atoms with Gasteiger partial charge in [0.2, 0.25) is 0 Å². The number of methoxy groups -OCH3 is 4. The van der Waals surface area contributed by atoms with Crippen molar-refractivity contribution in [1.82, 2.24) is 10.2 Å². The van der Waals surface area contributed by atoms with Crippen molar-refractivity contribution in [3.05, 3.63) is 23.8 Å². The maximum atomic E-state index is 12.3. The predicted octanol–water partition coefficient (Wildman–Crippen LogP) is 1.51. The van der Waals surface area contributed by atoms with E-state index in [0.717, 1.165) is 5.56 Å². The average molecular weight is 326 g/mol. The Hall–Kier alpha value is -1.99. The number of carbonyl (C=O) groups is 1. The van der Waals surface area contributed by atoms with E-state index in [1.807, 2.05) is 18.2 Å². The van der Waals surface area contributed by atoms with Crippen molar-refractivity contribution in [2.24, 2.45) is 0 Å². The van der Waals surface area contributed by atoms with Crippen molar-refractivity contribution in [2.75, 3.05) is 54.7 Å². The van der Waals surface area contributed by atoms with Crippen LogP contribution in [0.3, 0.4) is 0 Å². The molecule has 23 heavy (non-hydrogen) atoms. The first-order chi connectivity index (χ1) is 11.2. The fourth-order valence-corrected chi connectivity index (χ4v) is 2.00. The van der Waals surface area contributed by atoms with E-state index in [2.05, 4.69) is 5.32 Å². The number of carbonyl (C=O) groups excluding carboxylic acids is 1. The standard InChI is InChI=1S/C16H26N2O5/c1-20-9-7-18(8-10-21-2)16(19)17-12-13-5-6-14(22-3)15(11-13)23-4/h5-6,11H,7-10,12H2,1-4H3,(H,17,19). The highest BCUT2D eigenvalue weighted by atomic mass is 16.5. The smallest absolute Gasteiger partial charge is 0.317 e. The molecular formula is C16H26N2O5. The van der Waals surface area contributed by atoms with Crippen LogP contribution in [0.1, 0.15) is 5.56 Å². The maximum Gasteiger partial charge on any atom is 0.317 e. The first-order valence-corrected chi connectivity index (χ1v) is 7.37. The molecule has 2 amide bonds. The zero-order chi connectivity index (χ0) is 17.1. The van der Waals surface area contributed by atoms with Gasteiger partial charge in [-0.2, -0.15) is 0 Å². The van der Waals surface area contributed by atoms with Crippen LogP contribution < -0.4 is 14.8 Å². The van der Waals surface area contributed by atoms with Crippen LogP contribution in [0.4, 0.5) is 4.79 Å². The number of benzene rings is 1. The molecule has 0 aliphatic heterocycles. The van der Waals surface area contributed by atoms with Crippen molar-refractivity contribution >= 4 is 6.03 Å². The molecule has 0 aliphatic carbocycles. The quantitative estimate of drug-likeness (QED) is 0.706. The van der Waals surface area contributed by atoms with E-state index in [1.165, 1.54) is 0 Å². The number of amides is 2. The number of hydrogen-bond acceptors (Lipinski definition) is 5. The lowest BCUT2D eigenvalue weighted by atomic mass is 10.2. The fourth-order valence-electron chi connectivity index (χ4n) is 2.00. The average Bonchev–Trinajstić information content (AvgIpc) is 2.59. The van der Waals surface area contributed by atoms with Crippen LogP contribution in [-0.2, 0) is 16.0 Å². The highest BCUT2D eigenvalue weighted by Crippen LogP contribution is 2.27. The van der Waals surface area contributed by atoms with E-state index in [9.17, 15) is 4.79 Å². The van der Waals surface area contributed by atoms with Gasteiger partial charge in [-0.1, -0.05) is 6.07 Å². The molecule has 0 bridgehead atoms. The number of nitrogens with zero attached hydrogens (tertiary/aromatic N) is 1. The molecule has 7 nitrogen and oxygen atoms in total. The molecule has 0 aromatic heterocycles. The van der Waals surface area contributed by atoms with Gasteiger partial charge < -0.3 is 29.2 Å². The minimum atomic E-state index is -0.158. The molecule has 1 aromatic rings. The summed E-state index contributed by atoms with van der Waals surface area (Å²) in [6, 6.07) is 5.38. The summed E-state index contributed by atoms with van der Waals surface area (Å²) in [5, 5.41) is 2.89. The van der Waals surface area contributed by atoms with Crippen molar-refractivity contribution < 1.29 is 23.7 Å². The van der Waals surface area contributed by atoms with Gasteiger partial charge in [0.05, 0.1) is 27.4 Å². The molecule has 0 saturated heterocycles. The third-order valence-corrected chi connectivity index (χ3v) is 3.31. The summed E-state index contributed by atoms with van der Waals surface area (Å²) in [5.74, 6) is 1.29. The molecule has 0 aliphatic rings. The number of nitrogens with one attached hydrogen (secondary N) is 1. The molecule has 1 N–H and O–H groups in total. The van der Waals surface area contributed by atoms with Crippen molar-refractivity contribution in [3.8, 4) is 11.5 Å². The molecule has 0 saturated carbocycles. The van der Waals surface area contributed by atoms with E-state index in [1.54, 1.807) is 33.3 Å². The van der Waals surface area contributed by atoms with Gasteiger partial charge in [-0.05, 0) is 17.7 Å². The van der Waals surface area contributed by atoms with E-state index in [0.29, 0.717) is 44.3 Å². The third-order valence-electron chi connectivity index (χ3n) is 3.31. The number of rotatable bonds is 10. The summed E-state index contributed by atoms with van der Waals surface area (Å²) in [4.78, 5) is 13.9. The maximum absolute atomic E-state index is 12.3. The zero-order valence-corrected chi connectivity index (χ0v) is 14.3. The van der Waals surface area contributed by atoms with Gasteiger partial charge >= 0.3 is 6.03 Å². The number of ether oxygens (including phenoxy) is 4. The fraction of sp³-hybridized carbons (Fsp3) is 0.562. The van der Waals surface area contributed by atoms with Crippen LogP contribution in [0.2, 0.25) is 0 Å². The Kier molecular flexibility index (Phi) is 8.86. The molecule has 0 atom stereocenters. The molecule has 1 aromatic carbocycles. The second-order valence-corrected chi connectivity index (χ2v) is 4.82. The van der Waals surface area contributed by atoms with Gasteiger partial charge in [-0.25, -0.2) is 4.79 Å². The third kappa shape index (κ3) is 6.33. The Morgan fingerprint density at radius 3 is 2.13 bits per heavy atom. The lowest BCUT2D eigenvalue weighted by molar-refractivity contribution is 0.122. The van der Waals surface area contributed by atoms with Gasteiger partial charge in [0.25, 0.3) is 0 Å². The topological polar surface area (TPSA) is 69.3 Å². The van der Waals surface area contributed by atoms with Gasteiger partial charge in [-0.15, -0.1) is 0 Å².